The van der Waals surface area contributed by atoms with E-state index < -0.39 is 28.7 Å². The van der Waals surface area contributed by atoms with E-state index in [1.807, 2.05) is 13.0 Å². The number of carboxylic acids is 2. The lowest BCUT2D eigenvalue weighted by molar-refractivity contribution is -0.115. The van der Waals surface area contributed by atoms with Gasteiger partial charge in [-0.1, -0.05) is 23.7 Å². The molecule has 0 saturated heterocycles. The Labute approximate surface area is 210 Å². The van der Waals surface area contributed by atoms with Crippen molar-refractivity contribution in [3.05, 3.63) is 87.9 Å². The molecule has 1 atom stereocenters. The molecule has 3 rings (SSSR count). The molecule has 10 heteroatoms. The van der Waals surface area contributed by atoms with Crippen LogP contribution >= 0.6 is 23.4 Å². The summed E-state index contributed by atoms with van der Waals surface area (Å²) in [4.78, 5) is 48.8. The van der Waals surface area contributed by atoms with E-state index >= 15 is 0 Å². The number of carbonyl (C=O) groups excluding carboxylic acids is 2. The molecule has 1 unspecified atom stereocenters. The lowest BCUT2D eigenvalue weighted by Gasteiger charge is -2.15. The average Bonchev–Trinajstić information content (AvgIpc) is 2.81. The van der Waals surface area contributed by atoms with Crippen LogP contribution in [0.5, 0.6) is 0 Å². The van der Waals surface area contributed by atoms with Gasteiger partial charge in [0.25, 0.3) is 5.91 Å². The number of carbonyl (C=O) groups is 4. The van der Waals surface area contributed by atoms with Crippen molar-refractivity contribution < 1.29 is 29.4 Å². The predicted molar refractivity (Wildman–Crippen MR) is 135 cm³/mol. The zero-order chi connectivity index (χ0) is 25.7. The number of thioether (sulfide) groups is 1. The van der Waals surface area contributed by atoms with Gasteiger partial charge in [0.15, 0.2) is 0 Å². The summed E-state index contributed by atoms with van der Waals surface area (Å²) >= 11 is 7.29. The van der Waals surface area contributed by atoms with Crippen molar-refractivity contribution in [2.45, 2.75) is 24.0 Å². The Bertz CT molecular complexity index is 1330. The highest BCUT2D eigenvalue weighted by molar-refractivity contribution is 8.00. The van der Waals surface area contributed by atoms with Crippen molar-refractivity contribution in [2.75, 3.05) is 10.6 Å². The third-order valence-corrected chi connectivity index (χ3v) is 6.30. The van der Waals surface area contributed by atoms with Gasteiger partial charge in [-0.2, -0.15) is 0 Å². The van der Waals surface area contributed by atoms with Gasteiger partial charge in [-0.05, 0) is 67.9 Å². The molecule has 0 heterocycles. The van der Waals surface area contributed by atoms with Crippen LogP contribution < -0.4 is 10.6 Å². The number of hydrogen-bond donors (Lipinski definition) is 4. The largest absolute Gasteiger partial charge is 0.478 e. The fraction of sp³-hybridized carbons (Fsp3) is 0.120. The van der Waals surface area contributed by atoms with Crippen LogP contribution in [0.4, 0.5) is 11.4 Å². The molecule has 4 N–H and O–H groups in total. The van der Waals surface area contributed by atoms with Gasteiger partial charge in [-0.25, -0.2) is 9.59 Å². The van der Waals surface area contributed by atoms with E-state index in [-0.39, 0.29) is 17.0 Å². The second-order valence-corrected chi connectivity index (χ2v) is 9.41. The van der Waals surface area contributed by atoms with Crippen LogP contribution in [0.2, 0.25) is 5.02 Å². The highest BCUT2D eigenvalue weighted by atomic mass is 35.5. The Kier molecular flexibility index (Phi) is 8.16. The van der Waals surface area contributed by atoms with Gasteiger partial charge in [0.1, 0.15) is 0 Å². The number of benzene rings is 3. The van der Waals surface area contributed by atoms with Crippen molar-refractivity contribution in [3.8, 4) is 0 Å². The molecule has 0 aliphatic carbocycles. The number of amides is 2. The average molecular weight is 513 g/mol. The number of aryl methyl sites for hydroxylation is 1. The van der Waals surface area contributed by atoms with Crippen LogP contribution in [-0.4, -0.2) is 39.2 Å². The molecule has 0 aromatic heterocycles. The molecule has 3 aromatic carbocycles. The van der Waals surface area contributed by atoms with E-state index in [1.54, 1.807) is 43.3 Å². The number of nitrogens with one attached hydrogen (secondary N) is 2. The lowest BCUT2D eigenvalue weighted by Crippen LogP contribution is -2.22. The predicted octanol–water partition coefficient (Wildman–Crippen LogP) is 5.42. The van der Waals surface area contributed by atoms with Gasteiger partial charge in [-0.15, -0.1) is 11.8 Å². The standard InChI is InChI=1S/C25H21ClN2O6S/c1-13-6-8-16(26)11-21(13)28-22(29)14(2)35-18-5-3-4-17(12-18)27-23(30)19-9-7-15(24(31)32)10-20(19)25(33)34/h3-12,14H,1-2H3,(H,27,30)(H,28,29)(H,31,32)(H,33,34). The summed E-state index contributed by atoms with van der Waals surface area (Å²) in [7, 11) is 0. The fourth-order valence-corrected chi connectivity index (χ4v) is 4.22. The molecule has 35 heavy (non-hydrogen) atoms. The summed E-state index contributed by atoms with van der Waals surface area (Å²) in [6.45, 7) is 3.61. The van der Waals surface area contributed by atoms with E-state index in [1.165, 1.54) is 11.8 Å². The molecule has 0 spiro atoms. The maximum atomic E-state index is 12.7. The Morgan fingerprint density at radius 1 is 0.886 bits per heavy atom. The molecule has 0 radical (unpaired) electrons. The molecule has 0 saturated carbocycles. The van der Waals surface area contributed by atoms with Gasteiger partial charge < -0.3 is 20.8 Å². The Hall–Kier alpha value is -3.82. The van der Waals surface area contributed by atoms with Crippen molar-refractivity contribution in [1.82, 2.24) is 0 Å². The molecule has 8 nitrogen and oxygen atoms in total. The zero-order valence-corrected chi connectivity index (χ0v) is 20.2. The molecule has 2 amide bonds. The molecule has 0 aliphatic heterocycles. The van der Waals surface area contributed by atoms with Gasteiger partial charge >= 0.3 is 11.9 Å². The van der Waals surface area contributed by atoms with E-state index in [9.17, 15) is 24.3 Å². The maximum Gasteiger partial charge on any atom is 0.336 e. The SMILES string of the molecule is Cc1ccc(Cl)cc1NC(=O)C(C)Sc1cccc(NC(=O)c2ccc(C(=O)O)cc2C(=O)O)c1. The van der Waals surface area contributed by atoms with Gasteiger partial charge in [0, 0.05) is 21.3 Å². The summed E-state index contributed by atoms with van der Waals surface area (Å²) in [6, 6.07) is 15.2. The molecular weight excluding hydrogens is 492 g/mol. The third-order valence-electron chi connectivity index (χ3n) is 4.97. The first-order valence-electron chi connectivity index (χ1n) is 10.3. The van der Waals surface area contributed by atoms with Crippen molar-refractivity contribution in [2.24, 2.45) is 0 Å². The van der Waals surface area contributed by atoms with Crippen molar-refractivity contribution in [1.29, 1.82) is 0 Å². The minimum absolute atomic E-state index is 0.176. The second kappa shape index (κ2) is 11.1. The van der Waals surface area contributed by atoms with Crippen LogP contribution in [0.15, 0.2) is 65.6 Å². The first-order chi connectivity index (χ1) is 16.5. The smallest absolute Gasteiger partial charge is 0.336 e. The number of halogens is 1. The van der Waals surface area contributed by atoms with Crippen LogP contribution in [0.3, 0.4) is 0 Å². The Morgan fingerprint density at radius 3 is 2.31 bits per heavy atom. The van der Waals surface area contributed by atoms with Gasteiger partial charge in [-0.3, -0.25) is 9.59 Å². The first-order valence-corrected chi connectivity index (χ1v) is 11.6. The quantitative estimate of drug-likeness (QED) is 0.296. The molecule has 0 bridgehead atoms. The summed E-state index contributed by atoms with van der Waals surface area (Å²) in [6.07, 6.45) is 0. The van der Waals surface area contributed by atoms with Crippen molar-refractivity contribution >= 4 is 58.5 Å². The number of carboxylic acid groups (broad SMARTS) is 2. The number of aromatic carboxylic acids is 2. The van der Waals surface area contributed by atoms with Crippen LogP contribution in [0, 0.1) is 6.92 Å². The highest BCUT2D eigenvalue weighted by Gasteiger charge is 2.20. The Balaban J connectivity index is 1.72. The van der Waals surface area contributed by atoms with E-state index in [0.29, 0.717) is 21.3 Å². The van der Waals surface area contributed by atoms with Crippen molar-refractivity contribution in [3.63, 3.8) is 0 Å². The van der Waals surface area contributed by atoms with Gasteiger partial charge in [0.2, 0.25) is 5.91 Å². The monoisotopic (exact) mass is 512 g/mol. The minimum atomic E-state index is -1.42. The summed E-state index contributed by atoms with van der Waals surface area (Å²) in [5.74, 6) is -3.65. The number of anilines is 2. The summed E-state index contributed by atoms with van der Waals surface area (Å²) in [5.41, 5.74) is 1.05. The summed E-state index contributed by atoms with van der Waals surface area (Å²) < 4.78 is 0. The van der Waals surface area contributed by atoms with Crippen LogP contribution in [0.1, 0.15) is 43.6 Å². The van der Waals surface area contributed by atoms with Gasteiger partial charge in [0.05, 0.1) is 21.9 Å². The van der Waals surface area contributed by atoms with E-state index in [4.69, 9.17) is 16.7 Å². The molecule has 0 aliphatic rings. The molecule has 0 fully saturated rings. The first kappa shape index (κ1) is 25.8. The van der Waals surface area contributed by atoms with E-state index in [0.717, 1.165) is 23.8 Å². The van der Waals surface area contributed by atoms with E-state index in [2.05, 4.69) is 10.6 Å². The second-order valence-electron chi connectivity index (χ2n) is 7.56. The maximum absolute atomic E-state index is 12.7. The topological polar surface area (TPSA) is 133 Å². The summed E-state index contributed by atoms with van der Waals surface area (Å²) in [5, 5.41) is 24.0. The molecule has 180 valence electrons. The zero-order valence-electron chi connectivity index (χ0n) is 18.7. The lowest BCUT2D eigenvalue weighted by atomic mass is 10.0. The number of rotatable bonds is 8. The molecular formula is C25H21ClN2O6S. The van der Waals surface area contributed by atoms with Crippen LogP contribution in [0.25, 0.3) is 0 Å². The minimum Gasteiger partial charge on any atom is -0.478 e. The number of hydrogen-bond acceptors (Lipinski definition) is 5. The van der Waals surface area contributed by atoms with Crippen LogP contribution in [-0.2, 0) is 4.79 Å². The third kappa shape index (κ3) is 6.62. The molecule has 3 aromatic rings. The fourth-order valence-electron chi connectivity index (χ4n) is 3.12. The Morgan fingerprint density at radius 2 is 1.63 bits per heavy atom. The normalized spacial score (nSPS) is 11.4. The highest BCUT2D eigenvalue weighted by Crippen LogP contribution is 2.28.